The topological polar surface area (TPSA) is 78.7 Å². The lowest BCUT2D eigenvalue weighted by molar-refractivity contribution is -0.137. The fourth-order valence-corrected chi connectivity index (χ4v) is 6.06. The Morgan fingerprint density at radius 1 is 1.13 bits per heavy atom. The summed E-state index contributed by atoms with van der Waals surface area (Å²) in [5.41, 5.74) is 8.15. The number of benzene rings is 2. The van der Waals surface area contributed by atoms with Crippen LogP contribution in [0.4, 0.5) is 0 Å². The van der Waals surface area contributed by atoms with Crippen LogP contribution in [-0.2, 0) is 11.2 Å². The second-order valence-corrected chi connectivity index (χ2v) is 11.6. The second-order valence-electron chi connectivity index (χ2n) is 10.8. The van der Waals surface area contributed by atoms with Gasteiger partial charge in [0.05, 0.1) is 16.1 Å². The molecular weight excluding hydrogens is 543 g/mol. The van der Waals surface area contributed by atoms with E-state index in [1.165, 1.54) is 5.56 Å². The second kappa shape index (κ2) is 14.0. The van der Waals surface area contributed by atoms with Crippen LogP contribution in [0.3, 0.4) is 0 Å². The highest BCUT2D eigenvalue weighted by Gasteiger charge is 2.44. The van der Waals surface area contributed by atoms with E-state index in [1.807, 2.05) is 11.0 Å². The molecule has 4 atom stereocenters. The minimum Gasteiger partial charge on any atom is -0.350 e. The maximum Gasteiger partial charge on any atom is 0.251 e. The summed E-state index contributed by atoms with van der Waals surface area (Å²) in [5, 5.41) is 3.79. The molecule has 0 spiro atoms. The largest absolute Gasteiger partial charge is 0.350 e. The Labute approximate surface area is 242 Å². The number of rotatable bonds is 9. The molecule has 38 heavy (non-hydrogen) atoms. The Hall–Kier alpha value is -1.83. The van der Waals surface area contributed by atoms with Crippen molar-refractivity contribution in [3.63, 3.8) is 0 Å². The number of nitrogens with zero attached hydrogens (tertiary/aromatic N) is 2. The van der Waals surface area contributed by atoms with Crippen LogP contribution in [0.5, 0.6) is 0 Å². The zero-order valence-electron chi connectivity index (χ0n) is 22.1. The predicted molar refractivity (Wildman–Crippen MR) is 157 cm³/mol. The Balaban J connectivity index is 0.00000400. The van der Waals surface area contributed by atoms with E-state index in [1.54, 1.807) is 18.2 Å². The summed E-state index contributed by atoms with van der Waals surface area (Å²) in [4.78, 5) is 31.2. The summed E-state index contributed by atoms with van der Waals surface area (Å²) in [6.45, 7) is 6.12. The molecule has 2 saturated heterocycles. The molecule has 0 aromatic heterocycles. The van der Waals surface area contributed by atoms with Gasteiger partial charge in [-0.3, -0.25) is 14.5 Å². The Kier molecular flexibility index (Phi) is 11.3. The van der Waals surface area contributed by atoms with Crippen molar-refractivity contribution in [2.24, 2.45) is 11.7 Å². The Morgan fingerprint density at radius 2 is 1.87 bits per heavy atom. The standard InChI is InChI=1S/C29H38Cl2N4O2.ClH/c1-19(2)14-24(17-33-28(36)21-9-11-25(30)26(31)15-21)34-13-12-23(10-8-20-6-4-3-5-7-20)35-18-22(32)16-27(35)29(34)37;/h3-7,9,11,15,19,22-24,27H,8,10,12-14,16-18,32H2,1-2H3,(H,33,36);1H/t22-,23?,24-,27+;/m1./s1. The fraction of sp³-hybridized carbons (Fsp3) is 0.517. The van der Waals surface area contributed by atoms with Gasteiger partial charge in [0.15, 0.2) is 0 Å². The Morgan fingerprint density at radius 3 is 2.55 bits per heavy atom. The number of hydrogen-bond acceptors (Lipinski definition) is 4. The van der Waals surface area contributed by atoms with Crippen LogP contribution in [0.1, 0.15) is 55.5 Å². The van der Waals surface area contributed by atoms with Crippen molar-refractivity contribution in [1.82, 2.24) is 15.1 Å². The van der Waals surface area contributed by atoms with Gasteiger partial charge in [-0.1, -0.05) is 67.4 Å². The van der Waals surface area contributed by atoms with Gasteiger partial charge in [-0.15, -0.1) is 12.4 Å². The summed E-state index contributed by atoms with van der Waals surface area (Å²) in [6.07, 6.45) is 4.36. The third kappa shape index (κ3) is 7.64. The third-order valence-electron chi connectivity index (χ3n) is 7.59. The first-order valence-electron chi connectivity index (χ1n) is 13.3. The molecule has 2 aliphatic heterocycles. The number of nitrogens with one attached hydrogen (secondary N) is 1. The van der Waals surface area contributed by atoms with Gasteiger partial charge in [0.25, 0.3) is 5.91 Å². The van der Waals surface area contributed by atoms with Crippen LogP contribution >= 0.6 is 35.6 Å². The molecule has 2 aromatic rings. The highest BCUT2D eigenvalue weighted by atomic mass is 35.5. The molecule has 2 amide bonds. The van der Waals surface area contributed by atoms with E-state index in [2.05, 4.69) is 48.3 Å². The van der Waals surface area contributed by atoms with Gasteiger partial charge in [-0.2, -0.15) is 0 Å². The molecule has 9 heteroatoms. The van der Waals surface area contributed by atoms with E-state index >= 15 is 0 Å². The number of amides is 2. The first-order valence-corrected chi connectivity index (χ1v) is 14.1. The van der Waals surface area contributed by atoms with E-state index < -0.39 is 0 Å². The molecule has 0 aliphatic carbocycles. The summed E-state index contributed by atoms with van der Waals surface area (Å²) in [5.74, 6) is 0.295. The highest BCUT2D eigenvalue weighted by Crippen LogP contribution is 2.30. The van der Waals surface area contributed by atoms with Crippen molar-refractivity contribution >= 4 is 47.4 Å². The number of halogens is 3. The van der Waals surface area contributed by atoms with Crippen LogP contribution in [0.15, 0.2) is 48.5 Å². The van der Waals surface area contributed by atoms with E-state index in [4.69, 9.17) is 28.9 Å². The molecular formula is C29H39Cl3N4O2. The number of hydrogen-bond donors (Lipinski definition) is 2. The number of carbonyl (C=O) groups excluding carboxylic acids is 2. The molecule has 2 fully saturated rings. The average molecular weight is 582 g/mol. The number of carbonyl (C=O) groups is 2. The molecule has 3 N–H and O–H groups in total. The maximum atomic E-state index is 13.9. The van der Waals surface area contributed by atoms with Gasteiger partial charge in [0.1, 0.15) is 0 Å². The van der Waals surface area contributed by atoms with Gasteiger partial charge in [-0.05, 0) is 61.8 Å². The van der Waals surface area contributed by atoms with Gasteiger partial charge >= 0.3 is 0 Å². The predicted octanol–water partition coefficient (Wildman–Crippen LogP) is 5.20. The van der Waals surface area contributed by atoms with Crippen molar-refractivity contribution < 1.29 is 9.59 Å². The molecule has 1 unspecified atom stereocenters. The van der Waals surface area contributed by atoms with E-state index in [0.29, 0.717) is 47.1 Å². The SMILES string of the molecule is CC(C)C[C@H](CNC(=O)c1ccc(Cl)c(Cl)c1)N1CCC(CCc2ccccc2)N2C[C@H](N)C[C@H]2C1=O.Cl. The van der Waals surface area contributed by atoms with Gasteiger partial charge < -0.3 is 16.0 Å². The lowest BCUT2D eigenvalue weighted by Gasteiger charge is -2.34. The van der Waals surface area contributed by atoms with E-state index in [0.717, 1.165) is 32.2 Å². The zero-order chi connectivity index (χ0) is 26.5. The number of nitrogens with two attached hydrogens (primary N) is 1. The highest BCUT2D eigenvalue weighted by molar-refractivity contribution is 6.42. The molecule has 208 valence electrons. The van der Waals surface area contributed by atoms with E-state index in [9.17, 15) is 9.59 Å². The smallest absolute Gasteiger partial charge is 0.251 e. The van der Waals surface area contributed by atoms with Gasteiger partial charge in [0, 0.05) is 43.3 Å². The van der Waals surface area contributed by atoms with Crippen molar-refractivity contribution in [2.75, 3.05) is 19.6 Å². The van der Waals surface area contributed by atoms with Gasteiger partial charge in [-0.25, -0.2) is 0 Å². The third-order valence-corrected chi connectivity index (χ3v) is 8.32. The van der Waals surface area contributed by atoms with Crippen molar-refractivity contribution in [3.05, 3.63) is 69.7 Å². The first-order chi connectivity index (χ1) is 17.7. The fourth-order valence-electron chi connectivity index (χ4n) is 5.76. The summed E-state index contributed by atoms with van der Waals surface area (Å²) < 4.78 is 0. The molecule has 0 saturated carbocycles. The molecule has 2 heterocycles. The summed E-state index contributed by atoms with van der Waals surface area (Å²) in [7, 11) is 0. The van der Waals surface area contributed by atoms with E-state index in [-0.39, 0.29) is 42.3 Å². The van der Waals surface area contributed by atoms with Crippen molar-refractivity contribution in [3.8, 4) is 0 Å². The van der Waals surface area contributed by atoms with Crippen molar-refractivity contribution in [1.29, 1.82) is 0 Å². The Bertz CT molecular complexity index is 1080. The lowest BCUT2D eigenvalue weighted by Crippen LogP contribution is -2.51. The van der Waals surface area contributed by atoms with Crippen LogP contribution in [0.25, 0.3) is 0 Å². The maximum absolute atomic E-state index is 13.9. The monoisotopic (exact) mass is 580 g/mol. The molecule has 6 nitrogen and oxygen atoms in total. The molecule has 2 aliphatic rings. The zero-order valence-corrected chi connectivity index (χ0v) is 24.4. The van der Waals surface area contributed by atoms with Gasteiger partial charge in [0.2, 0.25) is 5.91 Å². The summed E-state index contributed by atoms with van der Waals surface area (Å²) >= 11 is 12.1. The summed E-state index contributed by atoms with van der Waals surface area (Å²) in [6, 6.07) is 15.4. The minimum atomic E-state index is -0.222. The van der Waals surface area contributed by atoms with Crippen molar-refractivity contribution in [2.45, 2.75) is 70.1 Å². The van der Waals surface area contributed by atoms with Crippen LogP contribution in [0, 0.1) is 5.92 Å². The molecule has 2 aromatic carbocycles. The number of aryl methyl sites for hydroxylation is 1. The minimum absolute atomic E-state index is 0. The van der Waals surface area contributed by atoms with Crippen LogP contribution < -0.4 is 11.1 Å². The normalized spacial score (nSPS) is 22.5. The molecule has 0 bridgehead atoms. The number of fused-ring (bicyclic) bond motifs is 1. The molecule has 4 rings (SSSR count). The lowest BCUT2D eigenvalue weighted by atomic mass is 10.00. The quantitative estimate of drug-likeness (QED) is 0.427. The first kappa shape index (κ1) is 30.7. The van der Waals surface area contributed by atoms with Crippen LogP contribution in [-0.4, -0.2) is 65.4 Å². The van der Waals surface area contributed by atoms with Crippen LogP contribution in [0.2, 0.25) is 10.0 Å². The average Bonchev–Trinajstić information content (AvgIpc) is 3.21. The molecule has 0 radical (unpaired) electrons.